The fourth-order valence-corrected chi connectivity index (χ4v) is 3.15. The summed E-state index contributed by atoms with van der Waals surface area (Å²) >= 11 is 3.39. The second-order valence-corrected chi connectivity index (χ2v) is 7.64. The number of rotatable bonds is 8. The summed E-state index contributed by atoms with van der Waals surface area (Å²) in [4.78, 5) is 23.1. The number of hydrogen-bond acceptors (Lipinski definition) is 6. The van der Waals surface area contributed by atoms with E-state index in [1.54, 1.807) is 24.3 Å². The number of benzene rings is 3. The summed E-state index contributed by atoms with van der Waals surface area (Å²) in [6.07, 6.45) is 1.37. The van der Waals surface area contributed by atoms with Crippen molar-refractivity contribution in [3.05, 3.63) is 98.0 Å². The van der Waals surface area contributed by atoms with Gasteiger partial charge in [0.1, 0.15) is 23.9 Å². The van der Waals surface area contributed by atoms with Crippen LogP contribution in [0.2, 0.25) is 0 Å². The number of nitro benzene ring substituents is 1. The molecule has 0 saturated carbocycles. The molecule has 3 rings (SSSR count). The summed E-state index contributed by atoms with van der Waals surface area (Å²) in [5.74, 6) is 0.164. The molecular formula is C24H18BrN3O5. The SMILES string of the molecule is COc1ccc(C=C(C#N)C(=O)Nc2ccccc2[N+](=O)[O-])cc1OCc1ccc(Br)cc1. The van der Waals surface area contributed by atoms with Gasteiger partial charge in [-0.25, -0.2) is 0 Å². The van der Waals surface area contributed by atoms with Crippen LogP contribution in [0.25, 0.3) is 6.08 Å². The molecule has 0 atom stereocenters. The normalized spacial score (nSPS) is 10.8. The Balaban J connectivity index is 1.82. The minimum atomic E-state index is -0.764. The Labute approximate surface area is 198 Å². The summed E-state index contributed by atoms with van der Waals surface area (Å²) in [6.45, 7) is 0.292. The Morgan fingerprint density at radius 3 is 2.55 bits per heavy atom. The van der Waals surface area contributed by atoms with Gasteiger partial charge in [-0.1, -0.05) is 46.3 Å². The number of nitriles is 1. The van der Waals surface area contributed by atoms with E-state index in [2.05, 4.69) is 21.2 Å². The second-order valence-electron chi connectivity index (χ2n) is 6.72. The van der Waals surface area contributed by atoms with E-state index < -0.39 is 10.8 Å². The number of hydrogen-bond donors (Lipinski definition) is 1. The third kappa shape index (κ3) is 6.18. The van der Waals surface area contributed by atoms with Crippen molar-refractivity contribution < 1.29 is 19.2 Å². The van der Waals surface area contributed by atoms with Gasteiger partial charge in [-0.2, -0.15) is 5.26 Å². The molecule has 1 N–H and O–H groups in total. The molecule has 0 radical (unpaired) electrons. The van der Waals surface area contributed by atoms with Gasteiger partial charge in [0, 0.05) is 10.5 Å². The van der Waals surface area contributed by atoms with E-state index in [0.717, 1.165) is 10.0 Å². The number of amides is 1. The fourth-order valence-electron chi connectivity index (χ4n) is 2.88. The van der Waals surface area contributed by atoms with Gasteiger partial charge in [0.2, 0.25) is 0 Å². The van der Waals surface area contributed by atoms with Crippen LogP contribution in [0.3, 0.4) is 0 Å². The predicted molar refractivity (Wildman–Crippen MR) is 127 cm³/mol. The third-order valence-corrected chi connectivity index (χ3v) is 5.05. The van der Waals surface area contributed by atoms with Gasteiger partial charge < -0.3 is 14.8 Å². The van der Waals surface area contributed by atoms with Gasteiger partial charge in [0.15, 0.2) is 11.5 Å². The Hall–Kier alpha value is -4.16. The molecule has 0 aliphatic rings. The molecule has 3 aromatic rings. The van der Waals surface area contributed by atoms with Crippen molar-refractivity contribution in [2.75, 3.05) is 12.4 Å². The largest absolute Gasteiger partial charge is 0.493 e. The van der Waals surface area contributed by atoms with Crippen molar-refractivity contribution >= 4 is 39.3 Å². The van der Waals surface area contributed by atoms with Gasteiger partial charge in [-0.15, -0.1) is 0 Å². The Morgan fingerprint density at radius 2 is 1.88 bits per heavy atom. The summed E-state index contributed by atoms with van der Waals surface area (Å²) in [7, 11) is 1.51. The van der Waals surface area contributed by atoms with Crippen LogP contribution in [-0.2, 0) is 11.4 Å². The van der Waals surface area contributed by atoms with Crippen LogP contribution in [0, 0.1) is 21.4 Å². The molecule has 166 valence electrons. The van der Waals surface area contributed by atoms with Gasteiger partial charge in [-0.05, 0) is 47.5 Å². The molecule has 0 bridgehead atoms. The summed E-state index contributed by atoms with van der Waals surface area (Å²) in [6, 6.07) is 20.2. The number of nitrogens with one attached hydrogen (secondary N) is 1. The molecule has 0 spiro atoms. The maximum absolute atomic E-state index is 12.6. The molecule has 0 aliphatic heterocycles. The van der Waals surface area contributed by atoms with Crippen LogP contribution in [0.4, 0.5) is 11.4 Å². The van der Waals surface area contributed by atoms with E-state index in [0.29, 0.717) is 23.7 Å². The Kier molecular flexibility index (Phi) is 7.78. The maximum Gasteiger partial charge on any atom is 0.292 e. The first-order valence-electron chi connectivity index (χ1n) is 9.63. The van der Waals surface area contributed by atoms with Crippen LogP contribution < -0.4 is 14.8 Å². The number of nitrogens with zero attached hydrogens (tertiary/aromatic N) is 2. The van der Waals surface area contributed by atoms with E-state index in [-0.39, 0.29) is 16.9 Å². The molecule has 0 fully saturated rings. The topological polar surface area (TPSA) is 114 Å². The zero-order valence-electron chi connectivity index (χ0n) is 17.4. The first-order valence-corrected chi connectivity index (χ1v) is 10.4. The molecule has 3 aromatic carbocycles. The highest BCUT2D eigenvalue weighted by Gasteiger charge is 2.17. The lowest BCUT2D eigenvalue weighted by Crippen LogP contribution is -2.14. The summed E-state index contributed by atoms with van der Waals surface area (Å²) in [5, 5.41) is 23.1. The van der Waals surface area contributed by atoms with Gasteiger partial charge >= 0.3 is 0 Å². The van der Waals surface area contributed by atoms with E-state index in [9.17, 15) is 20.2 Å². The number of ether oxygens (including phenoxy) is 2. The minimum absolute atomic E-state index is 0.00176. The average Bonchev–Trinajstić information content (AvgIpc) is 2.82. The second kappa shape index (κ2) is 10.9. The number of para-hydroxylation sites is 2. The summed E-state index contributed by atoms with van der Waals surface area (Å²) < 4.78 is 12.2. The van der Waals surface area contributed by atoms with Crippen molar-refractivity contribution in [3.8, 4) is 17.6 Å². The molecule has 0 heterocycles. The first kappa shape index (κ1) is 23.5. The molecule has 0 aliphatic carbocycles. The van der Waals surface area contributed by atoms with Crippen molar-refractivity contribution in [3.63, 3.8) is 0 Å². The fraction of sp³-hybridized carbons (Fsp3) is 0.0833. The van der Waals surface area contributed by atoms with Crippen LogP contribution >= 0.6 is 15.9 Å². The number of halogens is 1. The lowest BCUT2D eigenvalue weighted by atomic mass is 10.1. The van der Waals surface area contributed by atoms with E-state index in [4.69, 9.17) is 9.47 Å². The van der Waals surface area contributed by atoms with Gasteiger partial charge in [0.05, 0.1) is 12.0 Å². The van der Waals surface area contributed by atoms with Crippen molar-refractivity contribution in [2.24, 2.45) is 0 Å². The third-order valence-electron chi connectivity index (χ3n) is 4.52. The molecular weight excluding hydrogens is 490 g/mol. The zero-order valence-corrected chi connectivity index (χ0v) is 19.0. The lowest BCUT2D eigenvalue weighted by Gasteiger charge is -2.12. The molecule has 0 saturated heterocycles. The number of carbonyl (C=O) groups excluding carboxylic acids is 1. The Morgan fingerprint density at radius 1 is 1.15 bits per heavy atom. The van der Waals surface area contributed by atoms with E-state index in [1.807, 2.05) is 30.3 Å². The van der Waals surface area contributed by atoms with Crippen LogP contribution in [0.1, 0.15) is 11.1 Å². The lowest BCUT2D eigenvalue weighted by molar-refractivity contribution is -0.383. The average molecular weight is 508 g/mol. The van der Waals surface area contributed by atoms with Gasteiger partial charge in [0.25, 0.3) is 11.6 Å². The standard InChI is InChI=1S/C24H18BrN3O5/c1-32-22-11-8-17(13-23(22)33-15-16-6-9-19(25)10-7-16)12-18(14-26)24(29)27-20-4-2-3-5-21(20)28(30)31/h2-13H,15H2,1H3,(H,27,29). The van der Waals surface area contributed by atoms with E-state index >= 15 is 0 Å². The van der Waals surface area contributed by atoms with Crippen LogP contribution in [0.15, 0.2) is 76.8 Å². The highest BCUT2D eigenvalue weighted by Crippen LogP contribution is 2.30. The van der Waals surface area contributed by atoms with Gasteiger partial charge in [-0.3, -0.25) is 14.9 Å². The molecule has 9 heteroatoms. The van der Waals surface area contributed by atoms with Crippen molar-refractivity contribution in [1.82, 2.24) is 0 Å². The summed E-state index contributed by atoms with van der Waals surface area (Å²) in [5.41, 5.74) is 0.980. The van der Waals surface area contributed by atoms with Crippen molar-refractivity contribution in [2.45, 2.75) is 6.61 Å². The number of carbonyl (C=O) groups is 1. The minimum Gasteiger partial charge on any atom is -0.493 e. The highest BCUT2D eigenvalue weighted by atomic mass is 79.9. The number of anilines is 1. The predicted octanol–water partition coefficient (Wildman–Crippen LogP) is 5.49. The monoisotopic (exact) mass is 507 g/mol. The number of methoxy groups -OCH3 is 1. The Bertz CT molecular complexity index is 1250. The molecule has 8 nitrogen and oxygen atoms in total. The molecule has 33 heavy (non-hydrogen) atoms. The zero-order chi connectivity index (χ0) is 23.8. The van der Waals surface area contributed by atoms with E-state index in [1.165, 1.54) is 31.4 Å². The molecule has 0 unspecified atom stereocenters. The molecule has 0 aromatic heterocycles. The highest BCUT2D eigenvalue weighted by molar-refractivity contribution is 9.10. The van der Waals surface area contributed by atoms with Crippen LogP contribution in [0.5, 0.6) is 11.5 Å². The molecule has 1 amide bonds. The smallest absolute Gasteiger partial charge is 0.292 e. The quantitative estimate of drug-likeness (QED) is 0.186. The van der Waals surface area contributed by atoms with Crippen molar-refractivity contribution in [1.29, 1.82) is 5.26 Å². The maximum atomic E-state index is 12.6. The van der Waals surface area contributed by atoms with Crippen LogP contribution in [-0.4, -0.2) is 17.9 Å². The number of nitro groups is 1. The first-order chi connectivity index (χ1) is 15.9.